The van der Waals surface area contributed by atoms with E-state index in [1.165, 1.54) is 0 Å². The summed E-state index contributed by atoms with van der Waals surface area (Å²) in [6, 6.07) is 6.76. The number of carbonyl (C=O) groups is 2. The third-order valence-electron chi connectivity index (χ3n) is 5.95. The fraction of sp³-hybridized carbons (Fsp3) is 0.667. The first-order chi connectivity index (χ1) is 13.0. The third kappa shape index (κ3) is 5.83. The molecule has 1 aromatic carbocycles. The SMILES string of the molecule is CCCC(C)(OC(=O)c1ccccc1C(=O)OC(C)(CCC)C(C)C)C(C)C. The lowest BCUT2D eigenvalue weighted by atomic mass is 9.87. The molecule has 28 heavy (non-hydrogen) atoms. The average molecular weight is 391 g/mol. The van der Waals surface area contributed by atoms with Crippen LogP contribution in [0.3, 0.4) is 0 Å². The van der Waals surface area contributed by atoms with Gasteiger partial charge in [-0.2, -0.15) is 0 Å². The van der Waals surface area contributed by atoms with Gasteiger partial charge in [-0.1, -0.05) is 66.5 Å². The predicted octanol–water partition coefficient (Wildman–Crippen LogP) is 6.43. The van der Waals surface area contributed by atoms with Crippen LogP contribution in [0.15, 0.2) is 24.3 Å². The molecule has 0 saturated heterocycles. The lowest BCUT2D eigenvalue weighted by Crippen LogP contribution is -2.39. The molecule has 2 atom stereocenters. The summed E-state index contributed by atoms with van der Waals surface area (Å²) in [5.74, 6) is -0.605. The van der Waals surface area contributed by atoms with Crippen LogP contribution in [0.1, 0.15) is 102 Å². The fourth-order valence-electron chi connectivity index (χ4n) is 3.28. The Morgan fingerprint density at radius 1 is 0.786 bits per heavy atom. The van der Waals surface area contributed by atoms with Crippen LogP contribution >= 0.6 is 0 Å². The standard InChI is InChI=1S/C24H38O4/c1-9-15-23(7,17(3)4)27-21(25)19-13-11-12-14-20(19)22(26)28-24(8,16-10-2)18(5)6/h11-14,17-18H,9-10,15-16H2,1-8H3. The van der Waals surface area contributed by atoms with Crippen molar-refractivity contribution in [2.75, 3.05) is 0 Å². The Morgan fingerprint density at radius 3 is 1.36 bits per heavy atom. The summed E-state index contributed by atoms with van der Waals surface area (Å²) < 4.78 is 11.8. The Labute approximate surface area is 171 Å². The number of ether oxygens (including phenoxy) is 2. The minimum atomic E-state index is -0.572. The molecule has 0 aliphatic rings. The van der Waals surface area contributed by atoms with E-state index in [1.54, 1.807) is 24.3 Å². The Balaban J connectivity index is 3.16. The molecule has 0 fully saturated rings. The van der Waals surface area contributed by atoms with Crippen molar-refractivity contribution >= 4 is 11.9 Å². The van der Waals surface area contributed by atoms with Crippen LogP contribution in [0.2, 0.25) is 0 Å². The minimum Gasteiger partial charge on any atom is -0.455 e. The second-order valence-electron chi connectivity index (χ2n) is 8.76. The Kier molecular flexibility index (Phi) is 8.72. The van der Waals surface area contributed by atoms with Gasteiger partial charge in [0.25, 0.3) is 0 Å². The molecular formula is C24H38O4. The Bertz CT molecular complexity index is 607. The molecule has 158 valence electrons. The number of hydrogen-bond acceptors (Lipinski definition) is 4. The quantitative estimate of drug-likeness (QED) is 0.432. The van der Waals surface area contributed by atoms with Crippen molar-refractivity contribution in [2.45, 2.75) is 92.3 Å². The van der Waals surface area contributed by atoms with Crippen LogP contribution in [-0.2, 0) is 9.47 Å². The van der Waals surface area contributed by atoms with Gasteiger partial charge < -0.3 is 9.47 Å². The Morgan fingerprint density at radius 2 is 1.11 bits per heavy atom. The van der Waals surface area contributed by atoms with Crippen molar-refractivity contribution in [2.24, 2.45) is 11.8 Å². The van der Waals surface area contributed by atoms with Crippen molar-refractivity contribution in [3.8, 4) is 0 Å². The smallest absolute Gasteiger partial charge is 0.339 e. The lowest BCUT2D eigenvalue weighted by molar-refractivity contribution is -0.0416. The zero-order valence-electron chi connectivity index (χ0n) is 18.9. The van der Waals surface area contributed by atoms with E-state index in [1.807, 2.05) is 41.5 Å². The number of hydrogen-bond donors (Lipinski definition) is 0. The second kappa shape index (κ2) is 10.1. The molecule has 0 amide bonds. The first-order valence-electron chi connectivity index (χ1n) is 10.6. The van der Waals surface area contributed by atoms with Crippen LogP contribution in [-0.4, -0.2) is 23.1 Å². The molecular weight excluding hydrogens is 352 g/mol. The summed E-state index contributed by atoms with van der Waals surface area (Å²) in [4.78, 5) is 25.9. The second-order valence-corrected chi connectivity index (χ2v) is 8.76. The maximum absolute atomic E-state index is 13.0. The first kappa shape index (κ1) is 24.2. The largest absolute Gasteiger partial charge is 0.455 e. The van der Waals surface area contributed by atoms with Crippen LogP contribution in [0, 0.1) is 11.8 Å². The molecule has 0 saturated carbocycles. The van der Waals surface area contributed by atoms with Gasteiger partial charge in [0.2, 0.25) is 0 Å². The third-order valence-corrected chi connectivity index (χ3v) is 5.95. The molecule has 0 aliphatic carbocycles. The van der Waals surface area contributed by atoms with Gasteiger partial charge >= 0.3 is 11.9 Å². The summed E-state index contributed by atoms with van der Waals surface area (Å²) in [5.41, 5.74) is -0.620. The summed E-state index contributed by atoms with van der Waals surface area (Å²) in [7, 11) is 0. The van der Waals surface area contributed by atoms with Crippen molar-refractivity contribution in [1.82, 2.24) is 0 Å². The van der Waals surface area contributed by atoms with E-state index in [0.29, 0.717) is 0 Å². The molecule has 1 aromatic rings. The van der Waals surface area contributed by atoms with E-state index < -0.39 is 23.1 Å². The highest BCUT2D eigenvalue weighted by molar-refractivity contribution is 6.03. The highest BCUT2D eigenvalue weighted by atomic mass is 16.6. The molecule has 0 spiro atoms. The summed E-state index contributed by atoms with van der Waals surface area (Å²) in [6.07, 6.45) is 3.36. The highest BCUT2D eigenvalue weighted by Crippen LogP contribution is 2.31. The van der Waals surface area contributed by atoms with E-state index in [2.05, 4.69) is 13.8 Å². The topological polar surface area (TPSA) is 52.6 Å². The monoisotopic (exact) mass is 390 g/mol. The molecule has 0 aromatic heterocycles. The van der Waals surface area contributed by atoms with Crippen LogP contribution < -0.4 is 0 Å². The molecule has 2 unspecified atom stereocenters. The molecule has 0 N–H and O–H groups in total. The van der Waals surface area contributed by atoms with Gasteiger partial charge in [0.05, 0.1) is 11.1 Å². The molecule has 0 aliphatic heterocycles. The fourth-order valence-corrected chi connectivity index (χ4v) is 3.28. The van der Waals surface area contributed by atoms with E-state index in [-0.39, 0.29) is 23.0 Å². The van der Waals surface area contributed by atoms with Gasteiger partial charge in [0, 0.05) is 0 Å². The highest BCUT2D eigenvalue weighted by Gasteiger charge is 2.35. The van der Waals surface area contributed by atoms with Crippen LogP contribution in [0.5, 0.6) is 0 Å². The molecule has 0 heterocycles. The van der Waals surface area contributed by atoms with Gasteiger partial charge in [0.1, 0.15) is 11.2 Å². The molecule has 4 nitrogen and oxygen atoms in total. The van der Waals surface area contributed by atoms with Gasteiger partial charge in [-0.05, 0) is 50.7 Å². The molecule has 4 heteroatoms. The van der Waals surface area contributed by atoms with Gasteiger partial charge in [-0.15, -0.1) is 0 Å². The van der Waals surface area contributed by atoms with Crippen molar-refractivity contribution in [3.63, 3.8) is 0 Å². The zero-order chi connectivity index (χ0) is 21.5. The summed E-state index contributed by atoms with van der Waals surface area (Å²) in [5, 5.41) is 0. The predicted molar refractivity (Wildman–Crippen MR) is 114 cm³/mol. The number of benzene rings is 1. The van der Waals surface area contributed by atoms with E-state index >= 15 is 0 Å². The maximum Gasteiger partial charge on any atom is 0.339 e. The van der Waals surface area contributed by atoms with Crippen molar-refractivity contribution in [1.29, 1.82) is 0 Å². The van der Waals surface area contributed by atoms with Crippen molar-refractivity contribution < 1.29 is 19.1 Å². The van der Waals surface area contributed by atoms with Gasteiger partial charge in [0.15, 0.2) is 0 Å². The lowest BCUT2D eigenvalue weighted by Gasteiger charge is -2.34. The van der Waals surface area contributed by atoms with Crippen LogP contribution in [0.4, 0.5) is 0 Å². The normalized spacial score (nSPS) is 15.8. The molecule has 1 rings (SSSR count). The Hall–Kier alpha value is -1.84. The number of rotatable bonds is 10. The number of esters is 2. The first-order valence-corrected chi connectivity index (χ1v) is 10.6. The number of carbonyl (C=O) groups excluding carboxylic acids is 2. The average Bonchev–Trinajstić information content (AvgIpc) is 2.61. The van der Waals surface area contributed by atoms with Crippen molar-refractivity contribution in [3.05, 3.63) is 35.4 Å². The van der Waals surface area contributed by atoms with Gasteiger partial charge in [-0.25, -0.2) is 9.59 Å². The maximum atomic E-state index is 13.0. The molecule has 0 radical (unpaired) electrons. The van der Waals surface area contributed by atoms with Gasteiger partial charge in [-0.3, -0.25) is 0 Å². The minimum absolute atomic E-state index is 0.171. The summed E-state index contributed by atoms with van der Waals surface area (Å²) >= 11 is 0. The zero-order valence-corrected chi connectivity index (χ0v) is 18.9. The van der Waals surface area contributed by atoms with E-state index in [9.17, 15) is 9.59 Å². The molecule has 0 bridgehead atoms. The summed E-state index contributed by atoms with van der Waals surface area (Å²) in [6.45, 7) is 16.2. The van der Waals surface area contributed by atoms with E-state index in [4.69, 9.17) is 9.47 Å². The van der Waals surface area contributed by atoms with E-state index in [0.717, 1.165) is 25.7 Å². The van der Waals surface area contributed by atoms with Crippen LogP contribution in [0.25, 0.3) is 0 Å².